The largest absolute Gasteiger partial charge is 0.389 e. The van der Waals surface area contributed by atoms with E-state index in [1.54, 1.807) is 0 Å². The van der Waals surface area contributed by atoms with E-state index < -0.39 is 6.10 Å². The van der Waals surface area contributed by atoms with E-state index in [4.69, 9.17) is 4.74 Å². The van der Waals surface area contributed by atoms with Gasteiger partial charge in [-0.1, -0.05) is 37.0 Å². The van der Waals surface area contributed by atoms with E-state index in [1.165, 1.54) is 24.8 Å². The molecule has 0 aliphatic heterocycles. The zero-order valence-corrected chi connectivity index (χ0v) is 11.8. The van der Waals surface area contributed by atoms with Gasteiger partial charge in [-0.3, -0.25) is 0 Å². The first-order chi connectivity index (χ1) is 9.24. The second-order valence-electron chi connectivity index (χ2n) is 5.49. The van der Waals surface area contributed by atoms with Gasteiger partial charge in [0.05, 0.1) is 18.8 Å². The third-order valence-corrected chi connectivity index (χ3v) is 3.67. The lowest BCUT2D eigenvalue weighted by molar-refractivity contribution is -0.0195. The Kier molecular flexibility index (Phi) is 5.67. The molecule has 1 fully saturated rings. The zero-order valence-electron chi connectivity index (χ0n) is 11.8. The van der Waals surface area contributed by atoms with Gasteiger partial charge in [0.25, 0.3) is 0 Å². The molecule has 3 nitrogen and oxygen atoms in total. The Labute approximate surface area is 116 Å². The fourth-order valence-corrected chi connectivity index (χ4v) is 2.44. The third kappa shape index (κ3) is 5.21. The number of nitrogens with one attached hydrogen (secondary N) is 1. The summed E-state index contributed by atoms with van der Waals surface area (Å²) in [6, 6.07) is 8.19. The Balaban J connectivity index is 1.63. The summed E-state index contributed by atoms with van der Waals surface area (Å²) in [4.78, 5) is 0. The first-order valence-corrected chi connectivity index (χ1v) is 7.34. The van der Waals surface area contributed by atoms with Crippen LogP contribution in [0.15, 0.2) is 24.3 Å². The quantitative estimate of drug-likeness (QED) is 0.828. The van der Waals surface area contributed by atoms with Crippen molar-refractivity contribution >= 4 is 5.69 Å². The summed E-state index contributed by atoms with van der Waals surface area (Å²) in [6.45, 7) is 3.04. The Morgan fingerprint density at radius 1 is 1.21 bits per heavy atom. The summed E-state index contributed by atoms with van der Waals surface area (Å²) in [5.74, 6) is 0. The molecule has 0 saturated heterocycles. The smallest absolute Gasteiger partial charge is 0.0945 e. The van der Waals surface area contributed by atoms with Gasteiger partial charge in [0.15, 0.2) is 0 Å². The first-order valence-electron chi connectivity index (χ1n) is 7.34. The van der Waals surface area contributed by atoms with E-state index in [9.17, 15) is 5.11 Å². The SMILES string of the molecule is Cc1ccc(NCC(O)COC2CCCCC2)cc1. The van der Waals surface area contributed by atoms with Crippen LogP contribution in [-0.4, -0.2) is 30.5 Å². The number of hydrogen-bond acceptors (Lipinski definition) is 3. The van der Waals surface area contributed by atoms with Crippen molar-refractivity contribution in [2.75, 3.05) is 18.5 Å². The van der Waals surface area contributed by atoms with Gasteiger partial charge in [0.2, 0.25) is 0 Å². The van der Waals surface area contributed by atoms with Crippen LogP contribution < -0.4 is 5.32 Å². The molecule has 1 aliphatic rings. The van der Waals surface area contributed by atoms with Crippen molar-refractivity contribution in [2.24, 2.45) is 0 Å². The highest BCUT2D eigenvalue weighted by Gasteiger charge is 2.15. The lowest BCUT2D eigenvalue weighted by Crippen LogP contribution is -2.28. The highest BCUT2D eigenvalue weighted by Crippen LogP contribution is 2.20. The predicted molar refractivity (Wildman–Crippen MR) is 78.5 cm³/mol. The minimum absolute atomic E-state index is 0.364. The Bertz CT molecular complexity index is 358. The molecule has 0 spiro atoms. The van der Waals surface area contributed by atoms with Crippen LogP contribution in [0.4, 0.5) is 5.69 Å². The Hall–Kier alpha value is -1.06. The van der Waals surface area contributed by atoms with Crippen LogP contribution in [0.2, 0.25) is 0 Å². The molecule has 2 N–H and O–H groups in total. The fourth-order valence-electron chi connectivity index (χ4n) is 2.44. The van der Waals surface area contributed by atoms with Gasteiger partial charge in [-0.05, 0) is 31.9 Å². The van der Waals surface area contributed by atoms with E-state index in [1.807, 2.05) is 12.1 Å². The van der Waals surface area contributed by atoms with E-state index in [0.29, 0.717) is 19.3 Å². The van der Waals surface area contributed by atoms with Crippen LogP contribution in [0, 0.1) is 6.92 Å². The molecular weight excluding hydrogens is 238 g/mol. The molecule has 0 bridgehead atoms. The molecule has 1 saturated carbocycles. The molecule has 1 unspecified atom stereocenters. The van der Waals surface area contributed by atoms with Crippen LogP contribution >= 0.6 is 0 Å². The number of rotatable bonds is 6. The highest BCUT2D eigenvalue weighted by atomic mass is 16.5. The first kappa shape index (κ1) is 14.4. The van der Waals surface area contributed by atoms with Crippen molar-refractivity contribution in [3.05, 3.63) is 29.8 Å². The molecule has 1 atom stereocenters. The second-order valence-corrected chi connectivity index (χ2v) is 5.49. The Morgan fingerprint density at radius 3 is 2.58 bits per heavy atom. The average molecular weight is 263 g/mol. The second kappa shape index (κ2) is 7.51. The zero-order chi connectivity index (χ0) is 13.5. The molecule has 0 amide bonds. The normalized spacial score (nSPS) is 18.2. The molecule has 0 aromatic heterocycles. The molecule has 19 heavy (non-hydrogen) atoms. The molecule has 3 heteroatoms. The number of hydrogen-bond donors (Lipinski definition) is 2. The van der Waals surface area contributed by atoms with E-state index in [2.05, 4.69) is 24.4 Å². The van der Waals surface area contributed by atoms with Gasteiger partial charge in [0.1, 0.15) is 0 Å². The predicted octanol–water partition coefficient (Wildman–Crippen LogP) is 3.12. The van der Waals surface area contributed by atoms with E-state index in [0.717, 1.165) is 18.5 Å². The van der Waals surface area contributed by atoms with Crippen LogP contribution in [0.1, 0.15) is 37.7 Å². The topological polar surface area (TPSA) is 41.5 Å². The summed E-state index contributed by atoms with van der Waals surface area (Å²) in [7, 11) is 0. The maximum atomic E-state index is 9.91. The van der Waals surface area contributed by atoms with Crippen LogP contribution in [0.25, 0.3) is 0 Å². The summed E-state index contributed by atoms with van der Waals surface area (Å²) < 4.78 is 5.76. The van der Waals surface area contributed by atoms with Crippen molar-refractivity contribution in [3.8, 4) is 0 Å². The molecule has 106 valence electrons. The highest BCUT2D eigenvalue weighted by molar-refractivity contribution is 5.44. The molecule has 1 aromatic carbocycles. The maximum Gasteiger partial charge on any atom is 0.0945 e. The summed E-state index contributed by atoms with van der Waals surface area (Å²) in [5.41, 5.74) is 2.29. The Morgan fingerprint density at radius 2 is 1.89 bits per heavy atom. The van der Waals surface area contributed by atoms with Crippen LogP contribution in [0.3, 0.4) is 0 Å². The van der Waals surface area contributed by atoms with Crippen molar-refractivity contribution in [2.45, 2.75) is 51.2 Å². The van der Waals surface area contributed by atoms with Crippen molar-refractivity contribution in [3.63, 3.8) is 0 Å². The number of aliphatic hydroxyl groups is 1. The van der Waals surface area contributed by atoms with Gasteiger partial charge < -0.3 is 15.2 Å². The minimum atomic E-state index is -0.441. The molecule has 1 aliphatic carbocycles. The average Bonchev–Trinajstić information content (AvgIpc) is 2.45. The third-order valence-electron chi connectivity index (χ3n) is 3.67. The van der Waals surface area contributed by atoms with Crippen molar-refractivity contribution in [1.82, 2.24) is 0 Å². The summed E-state index contributed by atoms with van der Waals surface area (Å²) in [6.07, 6.45) is 6.09. The number of ether oxygens (including phenoxy) is 1. The molecular formula is C16H25NO2. The lowest BCUT2D eigenvalue weighted by Gasteiger charge is -2.23. The standard InChI is InChI=1S/C16H25NO2/c1-13-7-9-14(10-8-13)17-11-15(18)12-19-16-5-3-2-4-6-16/h7-10,15-18H,2-6,11-12H2,1H3. The van der Waals surface area contributed by atoms with E-state index in [-0.39, 0.29) is 0 Å². The molecule has 1 aromatic rings. The van der Waals surface area contributed by atoms with Crippen LogP contribution in [0.5, 0.6) is 0 Å². The minimum Gasteiger partial charge on any atom is -0.389 e. The fraction of sp³-hybridized carbons (Fsp3) is 0.625. The molecule has 0 radical (unpaired) electrons. The summed E-state index contributed by atoms with van der Waals surface area (Å²) in [5, 5.41) is 13.1. The number of benzene rings is 1. The lowest BCUT2D eigenvalue weighted by atomic mass is 9.98. The van der Waals surface area contributed by atoms with Gasteiger partial charge in [0, 0.05) is 12.2 Å². The van der Waals surface area contributed by atoms with Gasteiger partial charge in [-0.2, -0.15) is 0 Å². The van der Waals surface area contributed by atoms with Crippen molar-refractivity contribution in [1.29, 1.82) is 0 Å². The number of anilines is 1. The van der Waals surface area contributed by atoms with Crippen molar-refractivity contribution < 1.29 is 9.84 Å². The van der Waals surface area contributed by atoms with Crippen LogP contribution in [-0.2, 0) is 4.74 Å². The number of aryl methyl sites for hydroxylation is 1. The maximum absolute atomic E-state index is 9.91. The number of aliphatic hydroxyl groups excluding tert-OH is 1. The van der Waals surface area contributed by atoms with Gasteiger partial charge in [-0.25, -0.2) is 0 Å². The van der Waals surface area contributed by atoms with Gasteiger partial charge >= 0.3 is 0 Å². The molecule has 2 rings (SSSR count). The van der Waals surface area contributed by atoms with Gasteiger partial charge in [-0.15, -0.1) is 0 Å². The van der Waals surface area contributed by atoms with E-state index >= 15 is 0 Å². The summed E-state index contributed by atoms with van der Waals surface area (Å²) >= 11 is 0. The monoisotopic (exact) mass is 263 g/mol. The molecule has 0 heterocycles.